The molecule has 182 valence electrons. The van der Waals surface area contributed by atoms with Gasteiger partial charge < -0.3 is 34.7 Å². The second-order valence-corrected chi connectivity index (χ2v) is 8.41. The SMILES string of the molecule is COc1cc(C(=O)N/C(=C\c2ccc(Br)cc2)C(=O)N[C@H](C(=O)[O-])C(C)C)cc(OC)c1OC. The fourth-order valence-corrected chi connectivity index (χ4v) is 3.27. The van der Waals surface area contributed by atoms with Crippen LogP contribution in [0.25, 0.3) is 6.08 Å². The topological polar surface area (TPSA) is 126 Å². The standard InChI is InChI=1S/C24H27BrN2O7/c1-13(2)20(24(30)31)27-23(29)17(10-14-6-8-16(25)9-7-14)26-22(28)15-11-18(32-3)21(34-5)19(12-15)33-4/h6-13,20H,1-5H3,(H,26,28)(H,27,29)(H,30,31)/p-1/b17-10-/t20-/m0/s1. The molecule has 0 saturated heterocycles. The third-order valence-corrected chi connectivity index (χ3v) is 5.34. The molecule has 0 radical (unpaired) electrons. The summed E-state index contributed by atoms with van der Waals surface area (Å²) in [6, 6.07) is 8.59. The smallest absolute Gasteiger partial charge is 0.268 e. The summed E-state index contributed by atoms with van der Waals surface area (Å²) in [5.74, 6) is -2.48. The van der Waals surface area contributed by atoms with Crippen molar-refractivity contribution in [3.63, 3.8) is 0 Å². The van der Waals surface area contributed by atoms with E-state index in [9.17, 15) is 19.5 Å². The minimum absolute atomic E-state index is 0.129. The molecule has 0 aromatic heterocycles. The second-order valence-electron chi connectivity index (χ2n) is 7.49. The highest BCUT2D eigenvalue weighted by molar-refractivity contribution is 9.10. The van der Waals surface area contributed by atoms with Crippen LogP contribution in [0.3, 0.4) is 0 Å². The quantitative estimate of drug-likeness (QED) is 0.448. The van der Waals surface area contributed by atoms with E-state index in [-0.39, 0.29) is 22.8 Å². The number of methoxy groups -OCH3 is 3. The number of carbonyl (C=O) groups is 3. The highest BCUT2D eigenvalue weighted by Crippen LogP contribution is 2.38. The summed E-state index contributed by atoms with van der Waals surface area (Å²) in [7, 11) is 4.26. The third-order valence-electron chi connectivity index (χ3n) is 4.81. The largest absolute Gasteiger partial charge is 0.548 e. The normalized spacial score (nSPS) is 12.0. The van der Waals surface area contributed by atoms with Gasteiger partial charge in [-0.2, -0.15) is 0 Å². The molecule has 0 spiro atoms. The predicted molar refractivity (Wildman–Crippen MR) is 127 cm³/mol. The zero-order valence-corrected chi connectivity index (χ0v) is 21.0. The molecule has 0 aliphatic rings. The van der Waals surface area contributed by atoms with E-state index in [1.165, 1.54) is 39.5 Å². The lowest BCUT2D eigenvalue weighted by Crippen LogP contribution is -2.52. The maximum atomic E-state index is 13.1. The molecule has 0 heterocycles. The Labute approximate surface area is 206 Å². The lowest BCUT2D eigenvalue weighted by Gasteiger charge is -2.24. The molecule has 2 N–H and O–H groups in total. The third kappa shape index (κ3) is 6.74. The van der Waals surface area contributed by atoms with Crippen molar-refractivity contribution in [1.82, 2.24) is 10.6 Å². The Bertz CT molecular complexity index is 1060. The molecule has 0 unspecified atom stereocenters. The van der Waals surface area contributed by atoms with Gasteiger partial charge in [0.15, 0.2) is 11.5 Å². The number of ether oxygens (including phenoxy) is 3. The van der Waals surface area contributed by atoms with Gasteiger partial charge in [0.1, 0.15) is 5.70 Å². The van der Waals surface area contributed by atoms with Gasteiger partial charge in [-0.15, -0.1) is 0 Å². The summed E-state index contributed by atoms with van der Waals surface area (Å²) >= 11 is 3.34. The van der Waals surface area contributed by atoms with Gasteiger partial charge in [0, 0.05) is 10.0 Å². The number of hydrogen-bond acceptors (Lipinski definition) is 7. The minimum Gasteiger partial charge on any atom is -0.548 e. The number of amides is 2. The van der Waals surface area contributed by atoms with Crippen LogP contribution in [0, 0.1) is 5.92 Å². The molecule has 10 heteroatoms. The molecule has 2 aromatic carbocycles. The van der Waals surface area contributed by atoms with Gasteiger partial charge >= 0.3 is 0 Å². The van der Waals surface area contributed by atoms with E-state index in [1.807, 2.05) is 0 Å². The number of nitrogens with one attached hydrogen (secondary N) is 2. The van der Waals surface area contributed by atoms with Crippen molar-refractivity contribution in [2.45, 2.75) is 19.9 Å². The Kier molecular flexibility index (Phi) is 9.49. The van der Waals surface area contributed by atoms with Crippen molar-refractivity contribution in [2.24, 2.45) is 5.92 Å². The molecule has 2 aromatic rings. The first-order valence-electron chi connectivity index (χ1n) is 10.2. The van der Waals surface area contributed by atoms with Crippen LogP contribution in [0.15, 0.2) is 46.6 Å². The Morgan fingerprint density at radius 3 is 1.97 bits per heavy atom. The van der Waals surface area contributed by atoms with E-state index in [1.54, 1.807) is 38.1 Å². The number of carboxylic acid groups (broad SMARTS) is 1. The molecule has 0 saturated carbocycles. The van der Waals surface area contributed by atoms with Crippen molar-refractivity contribution >= 4 is 39.8 Å². The van der Waals surface area contributed by atoms with Crippen molar-refractivity contribution in [1.29, 1.82) is 0 Å². The molecule has 1 atom stereocenters. The Morgan fingerprint density at radius 1 is 0.971 bits per heavy atom. The highest BCUT2D eigenvalue weighted by atomic mass is 79.9. The molecule has 0 aliphatic carbocycles. The summed E-state index contributed by atoms with van der Waals surface area (Å²) in [6.07, 6.45) is 1.43. The van der Waals surface area contributed by atoms with Gasteiger partial charge in [-0.3, -0.25) is 9.59 Å². The van der Waals surface area contributed by atoms with E-state index in [4.69, 9.17) is 14.2 Å². The molecule has 2 rings (SSSR count). The molecule has 34 heavy (non-hydrogen) atoms. The molecule has 9 nitrogen and oxygen atoms in total. The fourth-order valence-electron chi connectivity index (χ4n) is 3.01. The number of benzene rings is 2. The van der Waals surface area contributed by atoms with Gasteiger partial charge in [-0.05, 0) is 41.8 Å². The summed E-state index contributed by atoms with van der Waals surface area (Å²) in [5.41, 5.74) is 0.574. The van der Waals surface area contributed by atoms with E-state index in [0.29, 0.717) is 11.3 Å². The highest BCUT2D eigenvalue weighted by Gasteiger charge is 2.23. The number of hydrogen-bond donors (Lipinski definition) is 2. The summed E-state index contributed by atoms with van der Waals surface area (Å²) in [4.78, 5) is 37.5. The summed E-state index contributed by atoms with van der Waals surface area (Å²) < 4.78 is 16.7. The molecule has 0 bridgehead atoms. The van der Waals surface area contributed by atoms with Crippen LogP contribution in [0.2, 0.25) is 0 Å². The van der Waals surface area contributed by atoms with Gasteiger partial charge in [-0.25, -0.2) is 0 Å². The average molecular weight is 534 g/mol. The molecule has 2 amide bonds. The zero-order chi connectivity index (χ0) is 25.4. The predicted octanol–water partition coefficient (Wildman–Crippen LogP) is 2.14. The van der Waals surface area contributed by atoms with Crippen molar-refractivity contribution in [3.8, 4) is 17.2 Å². The molecular weight excluding hydrogens is 508 g/mol. The minimum atomic E-state index is -1.43. The van der Waals surface area contributed by atoms with E-state index >= 15 is 0 Å². The van der Waals surface area contributed by atoms with Gasteiger partial charge in [-0.1, -0.05) is 41.9 Å². The number of rotatable bonds is 10. The van der Waals surface area contributed by atoms with E-state index < -0.39 is 29.7 Å². The lowest BCUT2D eigenvalue weighted by molar-refractivity contribution is -0.309. The maximum absolute atomic E-state index is 13.1. The molecular formula is C24H26BrN2O7-. The van der Waals surface area contributed by atoms with Gasteiger partial charge in [0.25, 0.3) is 11.8 Å². The van der Waals surface area contributed by atoms with Crippen LogP contribution < -0.4 is 30.0 Å². The molecule has 0 fully saturated rings. The second kappa shape index (κ2) is 12.1. The van der Waals surface area contributed by atoms with Crippen LogP contribution in [0.5, 0.6) is 17.2 Å². The number of carboxylic acids is 1. The summed E-state index contributed by atoms with van der Waals surface area (Å²) in [6.45, 7) is 3.26. The van der Waals surface area contributed by atoms with Crippen LogP contribution in [0.4, 0.5) is 0 Å². The van der Waals surface area contributed by atoms with Crippen LogP contribution in [0.1, 0.15) is 29.8 Å². The van der Waals surface area contributed by atoms with Crippen LogP contribution in [-0.4, -0.2) is 45.2 Å². The first-order chi connectivity index (χ1) is 16.1. The zero-order valence-electron chi connectivity index (χ0n) is 19.4. The number of aliphatic carboxylic acids is 1. The average Bonchev–Trinajstić information content (AvgIpc) is 2.81. The van der Waals surface area contributed by atoms with Crippen molar-refractivity contribution in [2.75, 3.05) is 21.3 Å². The monoisotopic (exact) mass is 533 g/mol. The van der Waals surface area contributed by atoms with E-state index in [0.717, 1.165) is 4.47 Å². The van der Waals surface area contributed by atoms with Gasteiger partial charge in [0.05, 0.1) is 33.3 Å². The summed E-state index contributed by atoms with van der Waals surface area (Å²) in [5, 5.41) is 16.4. The molecule has 0 aliphatic heterocycles. The van der Waals surface area contributed by atoms with Crippen LogP contribution in [-0.2, 0) is 9.59 Å². The first kappa shape index (κ1) is 26.7. The fraction of sp³-hybridized carbons (Fsp3) is 0.292. The first-order valence-corrected chi connectivity index (χ1v) is 11.0. The Hall–Kier alpha value is -3.53. The Balaban J connectivity index is 2.45. The van der Waals surface area contributed by atoms with Gasteiger partial charge in [0.2, 0.25) is 5.75 Å². The van der Waals surface area contributed by atoms with E-state index in [2.05, 4.69) is 26.6 Å². The maximum Gasteiger partial charge on any atom is 0.268 e. The van der Waals surface area contributed by atoms with Crippen molar-refractivity contribution in [3.05, 3.63) is 57.7 Å². The number of halogens is 1. The number of carbonyl (C=O) groups excluding carboxylic acids is 3. The lowest BCUT2D eigenvalue weighted by atomic mass is 10.0. The Morgan fingerprint density at radius 2 is 1.53 bits per heavy atom. The van der Waals surface area contributed by atoms with Crippen LogP contribution >= 0.6 is 15.9 Å². The van der Waals surface area contributed by atoms with Crippen molar-refractivity contribution < 1.29 is 33.7 Å².